The molecular formula is C27H35N3O3S. The molecule has 1 fully saturated rings. The molecule has 34 heavy (non-hydrogen) atoms. The molecular weight excluding hydrogens is 446 g/mol. The van der Waals surface area contributed by atoms with Crippen LogP contribution in [-0.2, 0) is 4.74 Å². The van der Waals surface area contributed by atoms with Crippen molar-refractivity contribution in [3.63, 3.8) is 0 Å². The number of carbonyl (C=O) groups excluding carboxylic acids is 1. The number of nitrogens with zero attached hydrogens (tertiary/aromatic N) is 3. The molecule has 0 aliphatic carbocycles. The van der Waals surface area contributed by atoms with Crippen LogP contribution >= 0.6 is 11.3 Å². The highest BCUT2D eigenvalue weighted by Gasteiger charge is 2.22. The molecule has 0 radical (unpaired) electrons. The summed E-state index contributed by atoms with van der Waals surface area (Å²) in [4.78, 5) is 22.8. The van der Waals surface area contributed by atoms with Crippen molar-refractivity contribution in [3.8, 4) is 5.75 Å². The van der Waals surface area contributed by atoms with Crippen LogP contribution in [0.25, 0.3) is 10.2 Å². The smallest absolute Gasteiger partial charge is 0.260 e. The minimum Gasteiger partial charge on any atom is -0.494 e. The highest BCUT2D eigenvalue weighted by atomic mass is 32.1. The van der Waals surface area contributed by atoms with Crippen molar-refractivity contribution >= 4 is 32.6 Å². The number of carbonyl (C=O) groups is 1. The van der Waals surface area contributed by atoms with Gasteiger partial charge in [0.1, 0.15) is 5.75 Å². The van der Waals surface area contributed by atoms with Crippen LogP contribution in [0.5, 0.6) is 5.75 Å². The highest BCUT2D eigenvalue weighted by molar-refractivity contribution is 7.22. The largest absolute Gasteiger partial charge is 0.494 e. The second-order valence-corrected chi connectivity index (χ2v) is 9.85. The molecule has 182 valence electrons. The number of thiazole rings is 1. The van der Waals surface area contributed by atoms with E-state index in [4.69, 9.17) is 14.5 Å². The molecule has 0 saturated carbocycles. The number of rotatable bonds is 10. The van der Waals surface area contributed by atoms with E-state index in [-0.39, 0.29) is 5.91 Å². The van der Waals surface area contributed by atoms with Gasteiger partial charge in [0.05, 0.1) is 30.0 Å². The summed E-state index contributed by atoms with van der Waals surface area (Å²) in [6.07, 6.45) is 3.00. The standard InChI is InChI=1S/C27H35N3O3S/c1-4-5-17-33-23-10-8-22(9-11-23)26(31)30(14-6-13-29-15-18-32-19-16-29)27-28-25-21(3)20(2)7-12-24(25)34-27/h7-12H,4-6,13-19H2,1-3H3. The summed E-state index contributed by atoms with van der Waals surface area (Å²) in [5.74, 6) is 0.783. The number of unbranched alkanes of at least 4 members (excludes halogenated alkanes) is 1. The lowest BCUT2D eigenvalue weighted by Gasteiger charge is -2.27. The van der Waals surface area contributed by atoms with Gasteiger partial charge >= 0.3 is 0 Å². The molecule has 0 N–H and O–H groups in total. The van der Waals surface area contributed by atoms with Crippen molar-refractivity contribution in [1.29, 1.82) is 0 Å². The zero-order chi connectivity index (χ0) is 23.9. The topological polar surface area (TPSA) is 54.9 Å². The number of morpholine rings is 1. The molecule has 4 rings (SSSR count). The third-order valence-corrected chi connectivity index (χ3v) is 7.42. The zero-order valence-corrected chi connectivity index (χ0v) is 21.3. The number of anilines is 1. The van der Waals surface area contributed by atoms with Crippen molar-refractivity contribution in [2.75, 3.05) is 50.9 Å². The molecule has 1 aliphatic rings. The molecule has 2 heterocycles. The van der Waals surface area contributed by atoms with E-state index in [0.29, 0.717) is 18.7 Å². The zero-order valence-electron chi connectivity index (χ0n) is 20.5. The van der Waals surface area contributed by atoms with Crippen LogP contribution in [-0.4, -0.2) is 61.8 Å². The quantitative estimate of drug-likeness (QED) is 0.360. The molecule has 1 aliphatic heterocycles. The molecule has 2 aromatic carbocycles. The van der Waals surface area contributed by atoms with Gasteiger partial charge in [-0.15, -0.1) is 0 Å². The lowest BCUT2D eigenvalue weighted by Crippen LogP contribution is -2.39. The maximum absolute atomic E-state index is 13.6. The van der Waals surface area contributed by atoms with Crippen molar-refractivity contribution in [2.24, 2.45) is 0 Å². The monoisotopic (exact) mass is 481 g/mol. The van der Waals surface area contributed by atoms with E-state index >= 15 is 0 Å². The maximum Gasteiger partial charge on any atom is 0.260 e. The average molecular weight is 482 g/mol. The number of ether oxygens (including phenoxy) is 2. The summed E-state index contributed by atoms with van der Waals surface area (Å²) in [6.45, 7) is 12.1. The van der Waals surface area contributed by atoms with Crippen LogP contribution in [0.15, 0.2) is 36.4 Å². The number of aryl methyl sites for hydroxylation is 2. The number of hydrogen-bond acceptors (Lipinski definition) is 6. The van der Waals surface area contributed by atoms with Gasteiger partial charge in [0.25, 0.3) is 5.91 Å². The molecule has 1 aromatic heterocycles. The maximum atomic E-state index is 13.6. The second kappa shape index (κ2) is 11.8. The van der Waals surface area contributed by atoms with Crippen molar-refractivity contribution in [1.82, 2.24) is 9.88 Å². The number of hydrogen-bond donors (Lipinski definition) is 0. The van der Waals surface area contributed by atoms with Gasteiger partial charge in [0.2, 0.25) is 0 Å². The van der Waals surface area contributed by atoms with Crippen LogP contribution in [0, 0.1) is 13.8 Å². The molecule has 7 heteroatoms. The summed E-state index contributed by atoms with van der Waals surface area (Å²) in [5.41, 5.74) is 4.04. The first-order chi connectivity index (χ1) is 16.6. The fourth-order valence-corrected chi connectivity index (χ4v) is 5.12. The molecule has 1 saturated heterocycles. The van der Waals surface area contributed by atoms with E-state index < -0.39 is 0 Å². The van der Waals surface area contributed by atoms with Gasteiger partial charge < -0.3 is 9.47 Å². The summed E-state index contributed by atoms with van der Waals surface area (Å²) < 4.78 is 12.3. The Morgan fingerprint density at radius 1 is 1.12 bits per heavy atom. The summed E-state index contributed by atoms with van der Waals surface area (Å²) in [6, 6.07) is 11.7. The van der Waals surface area contributed by atoms with Gasteiger partial charge in [-0.2, -0.15) is 0 Å². The average Bonchev–Trinajstić information content (AvgIpc) is 3.30. The van der Waals surface area contributed by atoms with E-state index in [1.54, 1.807) is 11.3 Å². The van der Waals surface area contributed by atoms with Crippen LogP contribution < -0.4 is 9.64 Å². The van der Waals surface area contributed by atoms with Gasteiger partial charge in [-0.3, -0.25) is 14.6 Å². The minimum atomic E-state index is -0.0180. The minimum absolute atomic E-state index is 0.0180. The van der Waals surface area contributed by atoms with E-state index in [9.17, 15) is 4.79 Å². The first-order valence-electron chi connectivity index (χ1n) is 12.3. The Kier molecular flexibility index (Phi) is 8.53. The first kappa shape index (κ1) is 24.6. The highest BCUT2D eigenvalue weighted by Crippen LogP contribution is 2.33. The van der Waals surface area contributed by atoms with Gasteiger partial charge in [0.15, 0.2) is 5.13 Å². The predicted molar refractivity (Wildman–Crippen MR) is 139 cm³/mol. The SMILES string of the molecule is CCCCOc1ccc(C(=O)N(CCCN2CCOCC2)c2nc3c(C)c(C)ccc3s2)cc1. The Hall–Kier alpha value is -2.48. The van der Waals surface area contributed by atoms with Crippen LogP contribution in [0.2, 0.25) is 0 Å². The number of amides is 1. The first-order valence-corrected chi connectivity index (χ1v) is 13.1. The molecule has 0 unspecified atom stereocenters. The number of benzene rings is 2. The van der Waals surface area contributed by atoms with Gasteiger partial charge in [-0.1, -0.05) is 30.7 Å². The fraction of sp³-hybridized carbons (Fsp3) is 0.481. The van der Waals surface area contributed by atoms with Crippen LogP contribution in [0.3, 0.4) is 0 Å². The molecule has 0 bridgehead atoms. The number of aromatic nitrogens is 1. The van der Waals surface area contributed by atoms with Crippen molar-refractivity contribution in [2.45, 2.75) is 40.0 Å². The molecule has 1 amide bonds. The molecule has 0 atom stereocenters. The van der Waals surface area contributed by atoms with Crippen molar-refractivity contribution in [3.05, 3.63) is 53.1 Å². The molecule has 3 aromatic rings. The third-order valence-electron chi connectivity index (χ3n) is 6.38. The van der Waals surface area contributed by atoms with E-state index in [0.717, 1.165) is 73.2 Å². The second-order valence-electron chi connectivity index (χ2n) is 8.84. The summed E-state index contributed by atoms with van der Waals surface area (Å²) in [7, 11) is 0. The summed E-state index contributed by atoms with van der Waals surface area (Å²) in [5, 5.41) is 0.763. The lowest BCUT2D eigenvalue weighted by molar-refractivity contribution is 0.0376. The third kappa shape index (κ3) is 5.95. The Morgan fingerprint density at radius 3 is 2.62 bits per heavy atom. The normalized spacial score (nSPS) is 14.4. The van der Waals surface area contributed by atoms with Crippen LogP contribution in [0.4, 0.5) is 5.13 Å². The van der Waals surface area contributed by atoms with Crippen LogP contribution in [0.1, 0.15) is 47.7 Å². The predicted octanol–water partition coefficient (Wildman–Crippen LogP) is 5.46. The Labute approximate surface area is 206 Å². The number of fused-ring (bicyclic) bond motifs is 1. The summed E-state index contributed by atoms with van der Waals surface area (Å²) >= 11 is 1.59. The Morgan fingerprint density at radius 2 is 1.88 bits per heavy atom. The van der Waals surface area contributed by atoms with E-state index in [1.807, 2.05) is 29.2 Å². The Bertz CT molecular complexity index is 1090. The van der Waals surface area contributed by atoms with Gasteiger partial charge in [-0.25, -0.2) is 4.98 Å². The van der Waals surface area contributed by atoms with Gasteiger partial charge in [-0.05, 0) is 68.1 Å². The van der Waals surface area contributed by atoms with Crippen molar-refractivity contribution < 1.29 is 14.3 Å². The molecule has 6 nitrogen and oxygen atoms in total. The lowest BCUT2D eigenvalue weighted by atomic mass is 10.1. The molecule has 0 spiro atoms. The fourth-order valence-electron chi connectivity index (χ4n) is 4.07. The van der Waals surface area contributed by atoms with E-state index in [2.05, 4.69) is 37.8 Å². The van der Waals surface area contributed by atoms with E-state index in [1.165, 1.54) is 11.1 Å². The van der Waals surface area contributed by atoms with Gasteiger partial charge in [0, 0.05) is 31.7 Å². The Balaban J connectivity index is 1.54.